The molecule has 0 fully saturated rings. The predicted octanol–water partition coefficient (Wildman–Crippen LogP) is 3.16. The van der Waals surface area contributed by atoms with Crippen molar-refractivity contribution in [2.75, 3.05) is 0 Å². The highest BCUT2D eigenvalue weighted by atomic mass is 19.1. The minimum atomic E-state index is -0.821. The number of carboxylic acid groups (broad SMARTS) is 1. The number of carbonyl (C=O) groups is 1. The first kappa shape index (κ1) is 14.2. The van der Waals surface area contributed by atoms with Gasteiger partial charge in [0, 0.05) is 25.5 Å². The summed E-state index contributed by atoms with van der Waals surface area (Å²) in [4.78, 5) is 15.0. The molecule has 1 aromatic heterocycles. The van der Waals surface area contributed by atoms with Gasteiger partial charge in [0.05, 0.1) is 11.0 Å². The van der Waals surface area contributed by atoms with E-state index in [1.54, 1.807) is 6.07 Å². The Hall–Kier alpha value is -2.17. The van der Waals surface area contributed by atoms with E-state index in [1.807, 2.05) is 11.5 Å². The van der Waals surface area contributed by atoms with Crippen LogP contribution in [0, 0.1) is 5.82 Å². The zero-order valence-corrected chi connectivity index (χ0v) is 11.4. The Kier molecular flexibility index (Phi) is 4.17. The summed E-state index contributed by atoms with van der Waals surface area (Å²) in [6.45, 7) is 6.40. The zero-order valence-electron chi connectivity index (χ0n) is 11.4. The van der Waals surface area contributed by atoms with Crippen LogP contribution in [0.1, 0.15) is 25.6 Å². The summed E-state index contributed by atoms with van der Waals surface area (Å²) in [6, 6.07) is 4.49. The minimum absolute atomic E-state index is 0.102. The number of hydrogen-bond donors (Lipinski definition) is 1. The molecule has 1 heterocycles. The van der Waals surface area contributed by atoms with Crippen molar-refractivity contribution in [3.05, 3.63) is 42.0 Å². The molecule has 0 saturated heterocycles. The van der Waals surface area contributed by atoms with Crippen molar-refractivity contribution >= 4 is 17.0 Å². The molecule has 0 aliphatic carbocycles. The number of nitrogens with zero attached hydrogens (tertiary/aromatic N) is 2. The molecule has 0 radical (unpaired) electrons. The molecule has 0 unspecified atom stereocenters. The molecule has 2 aromatic rings. The number of aromatic nitrogens is 2. The Labute approximate surface area is 116 Å². The van der Waals surface area contributed by atoms with Crippen molar-refractivity contribution in [1.29, 1.82) is 0 Å². The van der Waals surface area contributed by atoms with E-state index in [0.29, 0.717) is 24.9 Å². The summed E-state index contributed by atoms with van der Waals surface area (Å²) < 4.78 is 15.2. The third-order valence-electron chi connectivity index (χ3n) is 3.01. The number of rotatable bonds is 6. The van der Waals surface area contributed by atoms with Gasteiger partial charge in [0.2, 0.25) is 0 Å². The maximum Gasteiger partial charge on any atom is 0.303 e. The highest BCUT2D eigenvalue weighted by Crippen LogP contribution is 2.20. The second-order valence-corrected chi connectivity index (χ2v) is 4.95. The summed E-state index contributed by atoms with van der Waals surface area (Å²) in [5.41, 5.74) is 2.41. The Balaban J connectivity index is 2.35. The quantitative estimate of drug-likeness (QED) is 0.824. The summed E-state index contributed by atoms with van der Waals surface area (Å²) in [5, 5.41) is 8.69. The van der Waals surface area contributed by atoms with Crippen LogP contribution in [-0.2, 0) is 17.8 Å². The molecule has 1 N–H and O–H groups in total. The number of imidazole rings is 1. The number of benzene rings is 1. The van der Waals surface area contributed by atoms with E-state index in [0.717, 1.165) is 16.9 Å². The van der Waals surface area contributed by atoms with Crippen LogP contribution in [0.4, 0.5) is 4.39 Å². The first-order chi connectivity index (χ1) is 9.47. The second-order valence-electron chi connectivity index (χ2n) is 4.95. The fourth-order valence-corrected chi connectivity index (χ4v) is 2.19. The predicted molar refractivity (Wildman–Crippen MR) is 75.1 cm³/mol. The van der Waals surface area contributed by atoms with Crippen LogP contribution in [0.2, 0.25) is 0 Å². The van der Waals surface area contributed by atoms with E-state index in [1.165, 1.54) is 12.1 Å². The molecular formula is C15H17FN2O2. The Morgan fingerprint density at radius 1 is 1.50 bits per heavy atom. The second kappa shape index (κ2) is 5.86. The van der Waals surface area contributed by atoms with Crippen molar-refractivity contribution in [1.82, 2.24) is 9.55 Å². The smallest absolute Gasteiger partial charge is 0.303 e. The molecule has 0 bridgehead atoms. The van der Waals surface area contributed by atoms with Crippen LogP contribution in [0.15, 0.2) is 30.4 Å². The van der Waals surface area contributed by atoms with E-state index in [2.05, 4.69) is 11.6 Å². The van der Waals surface area contributed by atoms with Crippen molar-refractivity contribution in [2.45, 2.75) is 32.7 Å². The fourth-order valence-electron chi connectivity index (χ4n) is 2.19. The van der Waals surface area contributed by atoms with Gasteiger partial charge in [-0.1, -0.05) is 12.2 Å². The van der Waals surface area contributed by atoms with Crippen molar-refractivity contribution in [2.24, 2.45) is 0 Å². The third kappa shape index (κ3) is 3.23. The van der Waals surface area contributed by atoms with Gasteiger partial charge in [-0.15, -0.1) is 0 Å². The van der Waals surface area contributed by atoms with Gasteiger partial charge >= 0.3 is 5.97 Å². The standard InChI is InChI=1S/C15H17FN2O2/c1-10(2)9-18-13-7-6-11(16)8-12(13)17-14(18)4-3-5-15(19)20/h6-8H,1,3-5,9H2,2H3,(H,19,20). The molecule has 1 aromatic carbocycles. The summed E-state index contributed by atoms with van der Waals surface area (Å²) >= 11 is 0. The number of fused-ring (bicyclic) bond motifs is 1. The minimum Gasteiger partial charge on any atom is -0.481 e. The van der Waals surface area contributed by atoms with Gasteiger partial charge in [-0.25, -0.2) is 9.37 Å². The first-order valence-electron chi connectivity index (χ1n) is 6.48. The van der Waals surface area contributed by atoms with E-state index in [9.17, 15) is 9.18 Å². The molecule has 0 aliphatic heterocycles. The van der Waals surface area contributed by atoms with E-state index in [4.69, 9.17) is 5.11 Å². The molecule has 4 nitrogen and oxygen atoms in total. The Bertz CT molecular complexity index is 661. The lowest BCUT2D eigenvalue weighted by atomic mass is 10.2. The highest BCUT2D eigenvalue weighted by molar-refractivity contribution is 5.76. The monoisotopic (exact) mass is 276 g/mol. The first-order valence-corrected chi connectivity index (χ1v) is 6.48. The normalized spacial score (nSPS) is 10.9. The maximum atomic E-state index is 13.3. The van der Waals surface area contributed by atoms with Crippen LogP contribution in [-0.4, -0.2) is 20.6 Å². The molecule has 0 atom stereocenters. The number of aliphatic carboxylic acids is 1. The van der Waals surface area contributed by atoms with Crippen LogP contribution < -0.4 is 0 Å². The molecule has 20 heavy (non-hydrogen) atoms. The van der Waals surface area contributed by atoms with E-state index in [-0.39, 0.29) is 12.2 Å². The van der Waals surface area contributed by atoms with Crippen LogP contribution in [0.3, 0.4) is 0 Å². The van der Waals surface area contributed by atoms with Gasteiger partial charge in [0.25, 0.3) is 0 Å². The van der Waals surface area contributed by atoms with E-state index >= 15 is 0 Å². The van der Waals surface area contributed by atoms with Crippen molar-refractivity contribution in [3.8, 4) is 0 Å². The molecule has 0 saturated carbocycles. The van der Waals surface area contributed by atoms with Gasteiger partial charge in [0.15, 0.2) is 0 Å². The van der Waals surface area contributed by atoms with Crippen molar-refractivity contribution < 1.29 is 14.3 Å². The van der Waals surface area contributed by atoms with Crippen molar-refractivity contribution in [3.63, 3.8) is 0 Å². The Morgan fingerprint density at radius 2 is 2.25 bits per heavy atom. The lowest BCUT2D eigenvalue weighted by Crippen LogP contribution is -2.06. The number of hydrogen-bond acceptors (Lipinski definition) is 2. The molecule has 106 valence electrons. The van der Waals surface area contributed by atoms with Gasteiger partial charge in [-0.05, 0) is 25.5 Å². The largest absolute Gasteiger partial charge is 0.481 e. The summed E-state index contributed by atoms with van der Waals surface area (Å²) in [7, 11) is 0. The lowest BCUT2D eigenvalue weighted by molar-refractivity contribution is -0.137. The number of allylic oxidation sites excluding steroid dienone is 1. The topological polar surface area (TPSA) is 55.1 Å². The third-order valence-corrected chi connectivity index (χ3v) is 3.01. The molecule has 0 amide bonds. The number of carboxylic acids is 1. The summed E-state index contributed by atoms with van der Waals surface area (Å²) in [5.74, 6) is -0.372. The van der Waals surface area contributed by atoms with Crippen LogP contribution in [0.5, 0.6) is 0 Å². The highest BCUT2D eigenvalue weighted by Gasteiger charge is 2.12. The van der Waals surface area contributed by atoms with Crippen LogP contribution >= 0.6 is 0 Å². The number of halogens is 1. The van der Waals surface area contributed by atoms with E-state index < -0.39 is 5.97 Å². The molecule has 5 heteroatoms. The van der Waals surface area contributed by atoms with Gasteiger partial charge in [-0.3, -0.25) is 4.79 Å². The molecular weight excluding hydrogens is 259 g/mol. The fraction of sp³-hybridized carbons (Fsp3) is 0.333. The molecule has 0 spiro atoms. The number of aryl methyl sites for hydroxylation is 1. The lowest BCUT2D eigenvalue weighted by Gasteiger charge is -2.08. The maximum absolute atomic E-state index is 13.3. The molecule has 0 aliphatic rings. The summed E-state index contributed by atoms with van der Waals surface area (Å²) in [6.07, 6.45) is 1.16. The van der Waals surface area contributed by atoms with Gasteiger partial charge < -0.3 is 9.67 Å². The van der Waals surface area contributed by atoms with Gasteiger partial charge in [-0.2, -0.15) is 0 Å². The zero-order chi connectivity index (χ0) is 14.7. The average molecular weight is 276 g/mol. The average Bonchev–Trinajstić information content (AvgIpc) is 2.65. The Morgan fingerprint density at radius 3 is 2.90 bits per heavy atom. The molecule has 2 rings (SSSR count). The SMILES string of the molecule is C=C(C)Cn1c(CCCC(=O)O)nc2cc(F)ccc21. The van der Waals surface area contributed by atoms with Crippen LogP contribution in [0.25, 0.3) is 11.0 Å². The van der Waals surface area contributed by atoms with Gasteiger partial charge in [0.1, 0.15) is 11.6 Å².